The number of nitrogens with two attached hydrogens (primary N) is 1. The number of nitriles is 1. The van der Waals surface area contributed by atoms with Gasteiger partial charge in [-0.05, 0) is 36.3 Å². The van der Waals surface area contributed by atoms with Crippen molar-refractivity contribution >= 4 is 30.9 Å². The molecular formula is C21H26N8OSi. The molecule has 31 heavy (non-hydrogen) atoms. The number of rotatable bonds is 5. The van der Waals surface area contributed by atoms with Crippen molar-refractivity contribution in [3.8, 4) is 17.6 Å². The molecule has 4 aromatic rings. The van der Waals surface area contributed by atoms with E-state index < -0.39 is 8.32 Å². The molecule has 0 aliphatic heterocycles. The molecule has 4 rings (SSSR count). The van der Waals surface area contributed by atoms with Crippen LogP contribution in [0.1, 0.15) is 26.5 Å². The Morgan fingerprint density at radius 3 is 2.61 bits per heavy atom. The summed E-state index contributed by atoms with van der Waals surface area (Å²) >= 11 is 0. The van der Waals surface area contributed by atoms with Gasteiger partial charge in [0.05, 0.1) is 12.0 Å². The number of nitrogen functional groups attached to an aromatic ring is 1. The van der Waals surface area contributed by atoms with Crippen molar-refractivity contribution in [2.24, 2.45) is 0 Å². The molecule has 0 saturated heterocycles. The lowest BCUT2D eigenvalue weighted by Crippen LogP contribution is -2.41. The first-order valence-electron chi connectivity index (χ1n) is 10.1. The van der Waals surface area contributed by atoms with Crippen LogP contribution in [0.15, 0.2) is 30.5 Å². The van der Waals surface area contributed by atoms with Crippen LogP contribution in [0, 0.1) is 11.3 Å². The summed E-state index contributed by atoms with van der Waals surface area (Å²) in [5, 5.41) is 15.0. The highest BCUT2D eigenvalue weighted by Crippen LogP contribution is 2.36. The molecule has 10 heteroatoms. The van der Waals surface area contributed by atoms with Crippen LogP contribution in [0.3, 0.4) is 0 Å². The quantitative estimate of drug-likeness (QED) is 0.476. The molecule has 4 heterocycles. The number of aromatic nitrogens is 6. The Hall–Kier alpha value is -3.29. The number of anilines is 1. The Kier molecular flexibility index (Phi) is 5.03. The van der Waals surface area contributed by atoms with Crippen LogP contribution in [-0.4, -0.2) is 44.1 Å². The number of nitrogens with zero attached hydrogens (tertiary/aromatic N) is 7. The molecule has 0 aliphatic rings. The van der Waals surface area contributed by atoms with Crippen LogP contribution >= 0.6 is 0 Å². The van der Waals surface area contributed by atoms with E-state index in [0.717, 1.165) is 0 Å². The van der Waals surface area contributed by atoms with E-state index in [2.05, 4.69) is 60.0 Å². The second kappa shape index (κ2) is 7.44. The van der Waals surface area contributed by atoms with Crippen LogP contribution in [0.2, 0.25) is 18.1 Å². The van der Waals surface area contributed by atoms with Crippen molar-refractivity contribution in [2.75, 3.05) is 12.3 Å². The molecule has 9 nitrogen and oxygen atoms in total. The number of fused-ring (bicyclic) bond motifs is 3. The number of hydrogen-bond donors (Lipinski definition) is 1. The predicted octanol–water partition coefficient (Wildman–Crippen LogP) is 3.62. The van der Waals surface area contributed by atoms with Gasteiger partial charge in [-0.15, -0.1) is 5.10 Å². The third-order valence-electron chi connectivity index (χ3n) is 5.95. The fraction of sp³-hybridized carbons (Fsp3) is 0.381. The summed E-state index contributed by atoms with van der Waals surface area (Å²) in [4.78, 5) is 13.5. The minimum absolute atomic E-state index is 0.113. The third kappa shape index (κ3) is 3.66. The Morgan fingerprint density at radius 1 is 1.19 bits per heavy atom. The fourth-order valence-corrected chi connectivity index (χ4v) is 4.19. The van der Waals surface area contributed by atoms with Crippen LogP contribution in [0.5, 0.6) is 0 Å². The van der Waals surface area contributed by atoms with Gasteiger partial charge in [-0.1, -0.05) is 26.8 Å². The first-order chi connectivity index (χ1) is 14.6. The third-order valence-corrected chi connectivity index (χ3v) is 10.5. The SMILES string of the molecule is CC(C)(C)[Si](C)(C)OCCn1c(C#N)cc2c1nc(N)n1nc(-c3ccccn3)nc21. The van der Waals surface area contributed by atoms with Gasteiger partial charge in [0.15, 0.2) is 14.0 Å². The summed E-state index contributed by atoms with van der Waals surface area (Å²) in [6.45, 7) is 12.0. The van der Waals surface area contributed by atoms with Crippen molar-refractivity contribution < 1.29 is 4.43 Å². The Balaban J connectivity index is 1.75. The molecular weight excluding hydrogens is 408 g/mol. The number of pyridine rings is 1. The molecule has 4 aromatic heterocycles. The van der Waals surface area contributed by atoms with E-state index in [0.29, 0.717) is 47.0 Å². The zero-order valence-electron chi connectivity index (χ0n) is 18.4. The molecule has 0 saturated carbocycles. The van der Waals surface area contributed by atoms with Gasteiger partial charge in [0.25, 0.3) is 0 Å². The van der Waals surface area contributed by atoms with Crippen molar-refractivity contribution in [3.05, 3.63) is 36.2 Å². The largest absolute Gasteiger partial charge is 0.415 e. The van der Waals surface area contributed by atoms with Crippen LogP contribution in [-0.2, 0) is 11.0 Å². The van der Waals surface area contributed by atoms with Gasteiger partial charge >= 0.3 is 0 Å². The molecule has 0 fully saturated rings. The summed E-state index contributed by atoms with van der Waals surface area (Å²) in [7, 11) is -1.90. The fourth-order valence-electron chi connectivity index (χ4n) is 3.16. The molecule has 0 aliphatic carbocycles. The van der Waals surface area contributed by atoms with Crippen LogP contribution in [0.4, 0.5) is 5.95 Å². The topological polar surface area (TPSA) is 120 Å². The average Bonchev–Trinajstić information content (AvgIpc) is 3.30. The normalized spacial score (nSPS) is 12.5. The maximum absolute atomic E-state index is 9.72. The minimum Gasteiger partial charge on any atom is -0.415 e. The summed E-state index contributed by atoms with van der Waals surface area (Å²) in [6, 6.07) is 9.57. The van der Waals surface area contributed by atoms with Crippen molar-refractivity contribution in [1.82, 2.24) is 29.1 Å². The molecule has 0 amide bonds. The Labute approximate surface area is 181 Å². The van der Waals surface area contributed by atoms with Gasteiger partial charge in [0.1, 0.15) is 23.1 Å². The van der Waals surface area contributed by atoms with E-state index in [-0.39, 0.29) is 11.0 Å². The molecule has 160 valence electrons. The summed E-state index contributed by atoms with van der Waals surface area (Å²) in [5.41, 5.74) is 8.46. The molecule has 2 N–H and O–H groups in total. The van der Waals surface area contributed by atoms with E-state index in [1.165, 1.54) is 4.52 Å². The summed E-state index contributed by atoms with van der Waals surface area (Å²) < 4.78 is 9.63. The summed E-state index contributed by atoms with van der Waals surface area (Å²) in [6.07, 6.45) is 1.69. The van der Waals surface area contributed by atoms with Crippen LogP contribution in [0.25, 0.3) is 28.2 Å². The zero-order valence-corrected chi connectivity index (χ0v) is 19.4. The maximum Gasteiger partial charge on any atom is 0.225 e. The minimum atomic E-state index is -1.90. The lowest BCUT2D eigenvalue weighted by atomic mass is 10.2. The highest BCUT2D eigenvalue weighted by Gasteiger charge is 2.37. The second-order valence-electron chi connectivity index (χ2n) is 8.99. The first kappa shape index (κ1) is 21.0. The molecule has 0 spiro atoms. The van der Waals surface area contributed by atoms with Gasteiger partial charge in [-0.25, -0.2) is 4.98 Å². The van der Waals surface area contributed by atoms with Gasteiger partial charge in [-0.3, -0.25) is 4.98 Å². The second-order valence-corrected chi connectivity index (χ2v) is 13.8. The van der Waals surface area contributed by atoms with Gasteiger partial charge < -0.3 is 14.7 Å². The van der Waals surface area contributed by atoms with E-state index >= 15 is 0 Å². The standard InChI is InChI=1S/C21H26N8OSi/c1-21(2,3)31(4,5)30-11-10-28-14(13-22)12-15-18(28)26-20(23)29-19(15)25-17(27-29)16-8-6-7-9-24-16/h6-9,12H,10-11H2,1-5H3,(H2,23,26). The Morgan fingerprint density at radius 2 is 1.97 bits per heavy atom. The first-order valence-corrected chi connectivity index (χ1v) is 13.0. The lowest BCUT2D eigenvalue weighted by Gasteiger charge is -2.36. The Bertz CT molecular complexity index is 1290. The van der Waals surface area contributed by atoms with E-state index in [4.69, 9.17) is 10.2 Å². The lowest BCUT2D eigenvalue weighted by molar-refractivity contribution is 0.273. The molecule has 0 bridgehead atoms. The predicted molar refractivity (Wildman–Crippen MR) is 122 cm³/mol. The molecule has 0 aromatic carbocycles. The average molecular weight is 435 g/mol. The highest BCUT2D eigenvalue weighted by atomic mass is 28.4. The van der Waals surface area contributed by atoms with Crippen molar-refractivity contribution in [1.29, 1.82) is 5.26 Å². The van der Waals surface area contributed by atoms with Gasteiger partial charge in [0.2, 0.25) is 11.8 Å². The molecule has 0 atom stereocenters. The molecule has 0 unspecified atom stereocenters. The van der Waals surface area contributed by atoms with Crippen molar-refractivity contribution in [3.63, 3.8) is 0 Å². The summed E-state index contributed by atoms with van der Waals surface area (Å²) in [5.74, 6) is 0.653. The smallest absolute Gasteiger partial charge is 0.225 e. The van der Waals surface area contributed by atoms with Gasteiger partial charge in [-0.2, -0.15) is 14.8 Å². The highest BCUT2D eigenvalue weighted by molar-refractivity contribution is 6.74. The van der Waals surface area contributed by atoms with Crippen molar-refractivity contribution in [2.45, 2.75) is 45.4 Å². The van der Waals surface area contributed by atoms with Crippen LogP contribution < -0.4 is 5.73 Å². The zero-order chi connectivity index (χ0) is 22.4. The monoisotopic (exact) mass is 434 g/mol. The van der Waals surface area contributed by atoms with Gasteiger partial charge in [0, 0.05) is 12.7 Å². The van der Waals surface area contributed by atoms with E-state index in [9.17, 15) is 5.26 Å². The maximum atomic E-state index is 9.72. The number of hydrogen-bond acceptors (Lipinski definition) is 7. The molecule has 0 radical (unpaired) electrons. The van der Waals surface area contributed by atoms with E-state index in [1.807, 2.05) is 22.8 Å². The van der Waals surface area contributed by atoms with E-state index in [1.54, 1.807) is 12.3 Å².